The molecule has 0 bridgehead atoms. The number of nitriles is 1. The Balaban J connectivity index is 2.09. The zero-order chi connectivity index (χ0) is 12.8. The third-order valence-corrected chi connectivity index (χ3v) is 2.35. The summed E-state index contributed by atoms with van der Waals surface area (Å²) in [7, 11) is 1.65. The maximum atomic E-state index is 8.95. The number of anilines is 2. The highest BCUT2D eigenvalue weighted by molar-refractivity contribution is 5.61. The van der Waals surface area contributed by atoms with E-state index in [2.05, 4.69) is 21.5 Å². The van der Waals surface area contributed by atoms with Gasteiger partial charge >= 0.3 is 0 Å². The van der Waals surface area contributed by atoms with Crippen LogP contribution in [0.4, 0.5) is 11.5 Å². The molecule has 2 heterocycles. The van der Waals surface area contributed by atoms with Gasteiger partial charge in [-0.05, 0) is 12.1 Å². The number of hydrogen-bond acceptors (Lipinski definition) is 5. The SMILES string of the molecule is COCCn1cc(Nc2ncccc2C#N)cn1. The van der Waals surface area contributed by atoms with Crippen molar-refractivity contribution in [2.24, 2.45) is 0 Å². The third kappa shape index (κ3) is 2.84. The molecule has 0 radical (unpaired) electrons. The van der Waals surface area contributed by atoms with Crippen molar-refractivity contribution >= 4 is 11.5 Å². The first-order valence-electron chi connectivity index (χ1n) is 5.47. The van der Waals surface area contributed by atoms with E-state index in [1.165, 1.54) is 0 Å². The van der Waals surface area contributed by atoms with E-state index in [9.17, 15) is 0 Å². The number of aromatic nitrogens is 3. The lowest BCUT2D eigenvalue weighted by molar-refractivity contribution is 0.183. The van der Waals surface area contributed by atoms with Crippen molar-refractivity contribution in [2.45, 2.75) is 6.54 Å². The van der Waals surface area contributed by atoms with Crippen LogP contribution in [-0.4, -0.2) is 28.5 Å². The Labute approximate surface area is 105 Å². The van der Waals surface area contributed by atoms with Crippen molar-refractivity contribution in [2.75, 3.05) is 19.0 Å². The molecule has 0 aromatic carbocycles. The van der Waals surface area contributed by atoms with Crippen molar-refractivity contribution in [1.82, 2.24) is 14.8 Å². The number of methoxy groups -OCH3 is 1. The number of nitrogens with one attached hydrogen (secondary N) is 1. The van der Waals surface area contributed by atoms with E-state index in [0.29, 0.717) is 24.5 Å². The lowest BCUT2D eigenvalue weighted by Crippen LogP contribution is -2.04. The summed E-state index contributed by atoms with van der Waals surface area (Å²) >= 11 is 0. The molecule has 6 heteroatoms. The van der Waals surface area contributed by atoms with E-state index >= 15 is 0 Å². The summed E-state index contributed by atoms with van der Waals surface area (Å²) in [4.78, 5) is 4.12. The monoisotopic (exact) mass is 243 g/mol. The van der Waals surface area contributed by atoms with Crippen LogP contribution in [0.25, 0.3) is 0 Å². The topological polar surface area (TPSA) is 75.8 Å². The molecule has 0 saturated carbocycles. The van der Waals surface area contributed by atoms with Gasteiger partial charge in [0.25, 0.3) is 0 Å². The predicted octanol–water partition coefficient (Wildman–Crippen LogP) is 1.54. The van der Waals surface area contributed by atoms with Crippen LogP contribution in [0.1, 0.15) is 5.56 Å². The molecule has 0 aliphatic heterocycles. The van der Waals surface area contributed by atoms with Crippen molar-refractivity contribution < 1.29 is 4.74 Å². The Kier molecular flexibility index (Phi) is 3.89. The average molecular weight is 243 g/mol. The number of rotatable bonds is 5. The third-order valence-electron chi connectivity index (χ3n) is 2.35. The molecule has 6 nitrogen and oxygen atoms in total. The Bertz CT molecular complexity index is 558. The number of pyridine rings is 1. The van der Waals surface area contributed by atoms with Gasteiger partial charge in [-0.3, -0.25) is 4.68 Å². The highest BCUT2D eigenvalue weighted by atomic mass is 16.5. The van der Waals surface area contributed by atoms with E-state index < -0.39 is 0 Å². The molecule has 1 N–H and O–H groups in total. The van der Waals surface area contributed by atoms with Gasteiger partial charge in [0.1, 0.15) is 11.9 Å². The molecule has 2 rings (SSSR count). The molecule has 18 heavy (non-hydrogen) atoms. The summed E-state index contributed by atoms with van der Waals surface area (Å²) in [5, 5.41) is 16.2. The fourth-order valence-corrected chi connectivity index (χ4v) is 1.47. The second-order valence-electron chi connectivity index (χ2n) is 3.62. The summed E-state index contributed by atoms with van der Waals surface area (Å²) in [6.45, 7) is 1.29. The maximum absolute atomic E-state index is 8.95. The molecule has 0 aliphatic carbocycles. The number of nitrogens with zero attached hydrogens (tertiary/aromatic N) is 4. The van der Waals surface area contributed by atoms with E-state index in [0.717, 1.165) is 5.69 Å². The van der Waals surface area contributed by atoms with Crippen LogP contribution in [0.5, 0.6) is 0 Å². The fraction of sp³-hybridized carbons (Fsp3) is 0.250. The summed E-state index contributed by atoms with van der Waals surface area (Å²) < 4.78 is 6.74. The minimum absolute atomic E-state index is 0.502. The highest BCUT2D eigenvalue weighted by Gasteiger charge is 2.04. The zero-order valence-electron chi connectivity index (χ0n) is 10.00. The van der Waals surface area contributed by atoms with Crippen molar-refractivity contribution in [3.8, 4) is 6.07 Å². The second-order valence-corrected chi connectivity index (χ2v) is 3.62. The summed E-state index contributed by atoms with van der Waals surface area (Å²) in [6.07, 6.45) is 5.17. The molecule has 92 valence electrons. The molecule has 0 spiro atoms. The minimum Gasteiger partial charge on any atom is -0.383 e. The predicted molar refractivity (Wildman–Crippen MR) is 66.3 cm³/mol. The number of ether oxygens (including phenoxy) is 1. The highest BCUT2D eigenvalue weighted by Crippen LogP contribution is 2.16. The van der Waals surface area contributed by atoms with Gasteiger partial charge in [0.2, 0.25) is 0 Å². The minimum atomic E-state index is 0.502. The van der Waals surface area contributed by atoms with Gasteiger partial charge in [0.15, 0.2) is 0 Å². The summed E-state index contributed by atoms with van der Waals surface area (Å²) in [6, 6.07) is 5.53. The molecule has 0 fully saturated rings. The molecular formula is C12H13N5O. The lowest BCUT2D eigenvalue weighted by Gasteiger charge is -2.03. The van der Waals surface area contributed by atoms with Gasteiger partial charge in [-0.1, -0.05) is 0 Å². The van der Waals surface area contributed by atoms with Crippen LogP contribution in [0.2, 0.25) is 0 Å². The summed E-state index contributed by atoms with van der Waals surface area (Å²) in [5.41, 5.74) is 1.29. The van der Waals surface area contributed by atoms with Gasteiger partial charge in [0, 0.05) is 19.5 Å². The standard InChI is InChI=1S/C12H13N5O/c1-18-6-5-17-9-11(8-15-17)16-12-10(7-13)3-2-4-14-12/h2-4,8-9H,5-6H2,1H3,(H,14,16). The molecule has 0 saturated heterocycles. The van der Waals surface area contributed by atoms with E-state index in [-0.39, 0.29) is 0 Å². The van der Waals surface area contributed by atoms with E-state index in [1.807, 2.05) is 6.20 Å². The largest absolute Gasteiger partial charge is 0.383 e. The zero-order valence-corrected chi connectivity index (χ0v) is 10.00. The first kappa shape index (κ1) is 12.1. The average Bonchev–Trinajstić information content (AvgIpc) is 2.84. The van der Waals surface area contributed by atoms with Crippen molar-refractivity contribution in [3.63, 3.8) is 0 Å². The smallest absolute Gasteiger partial charge is 0.148 e. The molecule has 0 aliphatic rings. The first-order valence-corrected chi connectivity index (χ1v) is 5.47. The van der Waals surface area contributed by atoms with Gasteiger partial charge in [-0.2, -0.15) is 10.4 Å². The molecule has 2 aromatic rings. The quantitative estimate of drug-likeness (QED) is 0.862. The molecule has 2 aromatic heterocycles. The van der Waals surface area contributed by atoms with E-state index in [4.69, 9.17) is 10.00 Å². The second kappa shape index (κ2) is 5.80. The Morgan fingerprint density at radius 2 is 2.44 bits per heavy atom. The molecule has 0 amide bonds. The molecule has 0 unspecified atom stereocenters. The van der Waals surface area contributed by atoms with Crippen molar-refractivity contribution in [3.05, 3.63) is 36.3 Å². The van der Waals surface area contributed by atoms with Crippen LogP contribution in [0, 0.1) is 11.3 Å². The van der Waals surface area contributed by atoms with Gasteiger partial charge in [-0.25, -0.2) is 4.98 Å². The number of hydrogen-bond donors (Lipinski definition) is 1. The Morgan fingerprint density at radius 3 is 3.22 bits per heavy atom. The van der Waals surface area contributed by atoms with Crippen LogP contribution >= 0.6 is 0 Å². The van der Waals surface area contributed by atoms with Gasteiger partial charge < -0.3 is 10.1 Å². The molecule has 0 atom stereocenters. The Morgan fingerprint density at radius 1 is 1.56 bits per heavy atom. The molecular weight excluding hydrogens is 230 g/mol. The lowest BCUT2D eigenvalue weighted by atomic mass is 10.3. The first-order chi connectivity index (χ1) is 8.83. The fourth-order valence-electron chi connectivity index (χ4n) is 1.47. The van der Waals surface area contributed by atoms with Crippen LogP contribution in [-0.2, 0) is 11.3 Å². The van der Waals surface area contributed by atoms with Crippen molar-refractivity contribution in [1.29, 1.82) is 5.26 Å². The van der Waals surface area contributed by atoms with Gasteiger partial charge in [0.05, 0.1) is 30.6 Å². The van der Waals surface area contributed by atoms with Crippen LogP contribution < -0.4 is 5.32 Å². The Hall–Kier alpha value is -2.39. The summed E-state index contributed by atoms with van der Waals surface area (Å²) in [5.74, 6) is 0.534. The van der Waals surface area contributed by atoms with Crippen LogP contribution in [0.15, 0.2) is 30.7 Å². The maximum Gasteiger partial charge on any atom is 0.148 e. The van der Waals surface area contributed by atoms with E-state index in [1.54, 1.807) is 36.3 Å². The van der Waals surface area contributed by atoms with Gasteiger partial charge in [-0.15, -0.1) is 0 Å². The normalized spacial score (nSPS) is 10.0. The van der Waals surface area contributed by atoms with Crippen LogP contribution in [0.3, 0.4) is 0 Å².